The Balaban J connectivity index is 2.21. The van der Waals surface area contributed by atoms with Gasteiger partial charge in [0.05, 0.1) is 6.54 Å². The van der Waals surface area contributed by atoms with Crippen molar-refractivity contribution in [2.45, 2.75) is 69.5 Å². The molecule has 6 nitrogen and oxygen atoms in total. The molecule has 138 valence electrons. The quantitative estimate of drug-likeness (QED) is 0.813. The van der Waals surface area contributed by atoms with Crippen LogP contribution in [-0.2, 0) is 10.0 Å². The van der Waals surface area contributed by atoms with E-state index in [0.717, 1.165) is 32.1 Å². The van der Waals surface area contributed by atoms with Crippen molar-refractivity contribution in [1.82, 2.24) is 9.62 Å². The van der Waals surface area contributed by atoms with Gasteiger partial charge in [-0.2, -0.15) is 0 Å². The van der Waals surface area contributed by atoms with E-state index in [1.165, 1.54) is 12.1 Å². The number of amides is 1. The van der Waals surface area contributed by atoms with Gasteiger partial charge in [0.2, 0.25) is 5.09 Å². The summed E-state index contributed by atoms with van der Waals surface area (Å²) < 4.78 is 32.5. The van der Waals surface area contributed by atoms with E-state index in [4.69, 9.17) is 10.8 Å². The van der Waals surface area contributed by atoms with Gasteiger partial charge in [-0.05, 0) is 45.7 Å². The van der Waals surface area contributed by atoms with Crippen LogP contribution in [-0.4, -0.2) is 37.4 Å². The molecule has 1 saturated carbocycles. The van der Waals surface area contributed by atoms with Crippen molar-refractivity contribution in [2.75, 3.05) is 6.54 Å². The highest BCUT2D eigenvalue weighted by atomic mass is 32.2. The van der Waals surface area contributed by atoms with Crippen LogP contribution in [0.1, 0.15) is 63.4 Å². The zero-order chi connectivity index (χ0) is 18.7. The summed E-state index contributed by atoms with van der Waals surface area (Å²) in [6, 6.07) is 2.78. The Bertz CT molecular complexity index is 747. The molecular weight excluding hydrogens is 340 g/mol. The molecule has 0 saturated heterocycles. The lowest BCUT2D eigenvalue weighted by molar-refractivity contribution is 0.0629. The Hall–Kier alpha value is -1.78. The number of furan rings is 1. The third-order valence-corrected chi connectivity index (χ3v) is 5.67. The van der Waals surface area contributed by atoms with Crippen molar-refractivity contribution in [3.63, 3.8) is 0 Å². The maximum atomic E-state index is 12.8. The molecule has 1 aliphatic carbocycles. The van der Waals surface area contributed by atoms with E-state index < -0.39 is 15.6 Å². The number of nitrogens with zero attached hydrogens (tertiary/aromatic N) is 1. The monoisotopic (exact) mass is 366 g/mol. The number of sulfonamides is 1. The molecule has 1 amide bonds. The molecule has 0 spiro atoms. The predicted octanol–water partition coefficient (Wildman–Crippen LogP) is 2.76. The molecule has 1 aromatic rings. The van der Waals surface area contributed by atoms with Gasteiger partial charge >= 0.3 is 0 Å². The molecule has 0 atom stereocenters. The second-order valence-electron chi connectivity index (χ2n) is 7.40. The lowest BCUT2D eigenvalue weighted by Gasteiger charge is -2.32. The van der Waals surface area contributed by atoms with E-state index in [-0.39, 0.29) is 29.3 Å². The summed E-state index contributed by atoms with van der Waals surface area (Å²) in [5.41, 5.74) is -0.645. The minimum absolute atomic E-state index is 0.00453. The maximum Gasteiger partial charge on any atom is 0.290 e. The van der Waals surface area contributed by atoms with Gasteiger partial charge in [0.1, 0.15) is 0 Å². The topological polar surface area (TPSA) is 79.6 Å². The summed E-state index contributed by atoms with van der Waals surface area (Å²) in [5.74, 6) is 2.15. The van der Waals surface area contributed by atoms with E-state index in [2.05, 4.69) is 10.6 Å². The molecule has 0 aliphatic heterocycles. The summed E-state index contributed by atoms with van der Waals surface area (Å²) in [6.45, 7) is 5.39. The van der Waals surface area contributed by atoms with Gasteiger partial charge in [-0.1, -0.05) is 25.2 Å². The fraction of sp³-hybridized carbons (Fsp3) is 0.611. The Labute approximate surface area is 150 Å². The normalized spacial score (nSPS) is 16.4. The molecule has 0 radical (unpaired) electrons. The van der Waals surface area contributed by atoms with Crippen LogP contribution in [0.25, 0.3) is 0 Å². The van der Waals surface area contributed by atoms with E-state index in [9.17, 15) is 13.2 Å². The van der Waals surface area contributed by atoms with Gasteiger partial charge in [-0.15, -0.1) is 6.42 Å². The smallest absolute Gasteiger partial charge is 0.290 e. The van der Waals surface area contributed by atoms with Crippen LogP contribution >= 0.6 is 0 Å². The first-order valence-electron chi connectivity index (χ1n) is 8.52. The van der Waals surface area contributed by atoms with Crippen molar-refractivity contribution >= 4 is 15.9 Å². The second-order valence-corrected chi connectivity index (χ2v) is 9.02. The number of rotatable bonds is 5. The van der Waals surface area contributed by atoms with Gasteiger partial charge in [0.15, 0.2) is 5.76 Å². The van der Waals surface area contributed by atoms with Crippen LogP contribution in [0.4, 0.5) is 0 Å². The van der Waals surface area contributed by atoms with Crippen molar-refractivity contribution < 1.29 is 17.6 Å². The Morgan fingerprint density at radius 3 is 2.52 bits per heavy atom. The highest BCUT2D eigenvalue weighted by molar-refractivity contribution is 7.89. The average Bonchev–Trinajstić information content (AvgIpc) is 3.01. The van der Waals surface area contributed by atoms with Crippen molar-refractivity contribution in [2.24, 2.45) is 0 Å². The predicted molar refractivity (Wildman–Crippen MR) is 95.5 cm³/mol. The SMILES string of the molecule is C#CCN(C(=O)c1ccc(S(=O)(=O)NC(C)(C)C)o1)C1CCCCC1. The van der Waals surface area contributed by atoms with Crippen LogP contribution in [0.15, 0.2) is 21.6 Å². The molecule has 25 heavy (non-hydrogen) atoms. The van der Waals surface area contributed by atoms with Crippen molar-refractivity contribution in [3.8, 4) is 12.3 Å². The van der Waals surface area contributed by atoms with Crippen molar-refractivity contribution in [3.05, 3.63) is 17.9 Å². The molecule has 0 unspecified atom stereocenters. The molecule has 1 N–H and O–H groups in total. The Morgan fingerprint density at radius 2 is 1.96 bits per heavy atom. The molecule has 1 aromatic heterocycles. The van der Waals surface area contributed by atoms with Crippen LogP contribution in [0.5, 0.6) is 0 Å². The molecular formula is C18H26N2O4S. The summed E-state index contributed by atoms with van der Waals surface area (Å²) in [7, 11) is -3.82. The highest BCUT2D eigenvalue weighted by Crippen LogP contribution is 2.25. The van der Waals surface area contributed by atoms with E-state index in [1.54, 1.807) is 25.7 Å². The molecule has 1 fully saturated rings. The number of terminal acetylenes is 1. The third kappa shape index (κ3) is 5.10. The standard InChI is InChI=1S/C18H26N2O4S/c1-5-13-20(14-9-7-6-8-10-14)17(21)15-11-12-16(24-15)25(22,23)19-18(2,3)4/h1,11-12,14,19H,6-10,13H2,2-4H3. The summed E-state index contributed by atoms with van der Waals surface area (Å²) >= 11 is 0. The highest BCUT2D eigenvalue weighted by Gasteiger charge is 2.30. The lowest BCUT2D eigenvalue weighted by Crippen LogP contribution is -2.41. The Morgan fingerprint density at radius 1 is 1.32 bits per heavy atom. The molecule has 1 heterocycles. The minimum Gasteiger partial charge on any atom is -0.438 e. The maximum absolute atomic E-state index is 12.8. The number of hydrogen-bond donors (Lipinski definition) is 1. The van der Waals surface area contributed by atoms with Gasteiger partial charge in [0.25, 0.3) is 15.9 Å². The average molecular weight is 366 g/mol. The largest absolute Gasteiger partial charge is 0.438 e. The summed E-state index contributed by atoms with van der Waals surface area (Å²) in [4.78, 5) is 14.4. The second kappa shape index (κ2) is 7.63. The molecule has 1 aliphatic rings. The van der Waals surface area contributed by atoms with E-state index >= 15 is 0 Å². The van der Waals surface area contributed by atoms with E-state index in [1.807, 2.05) is 0 Å². The first kappa shape index (κ1) is 19.5. The third-order valence-electron chi connectivity index (χ3n) is 4.04. The van der Waals surface area contributed by atoms with Gasteiger partial charge in [-0.25, -0.2) is 13.1 Å². The Kier molecular flexibility index (Phi) is 5.96. The minimum atomic E-state index is -3.82. The first-order valence-corrected chi connectivity index (χ1v) is 10.0. The van der Waals surface area contributed by atoms with E-state index in [0.29, 0.717) is 0 Å². The molecule has 2 rings (SSSR count). The van der Waals surface area contributed by atoms with Crippen molar-refractivity contribution in [1.29, 1.82) is 0 Å². The molecule has 0 aromatic carbocycles. The first-order chi connectivity index (χ1) is 11.6. The number of hydrogen-bond acceptors (Lipinski definition) is 4. The number of carbonyl (C=O) groups excluding carboxylic acids is 1. The van der Waals surface area contributed by atoms with Gasteiger partial charge in [-0.3, -0.25) is 4.79 Å². The number of carbonyl (C=O) groups is 1. The summed E-state index contributed by atoms with van der Waals surface area (Å²) in [6.07, 6.45) is 10.5. The van der Waals surface area contributed by atoms with Gasteiger partial charge in [0, 0.05) is 11.6 Å². The molecule has 7 heteroatoms. The van der Waals surface area contributed by atoms with Crippen LogP contribution in [0, 0.1) is 12.3 Å². The lowest BCUT2D eigenvalue weighted by atomic mass is 9.94. The zero-order valence-electron chi connectivity index (χ0n) is 15.0. The van der Waals surface area contributed by atoms with Gasteiger partial charge < -0.3 is 9.32 Å². The zero-order valence-corrected chi connectivity index (χ0v) is 15.9. The van der Waals surface area contributed by atoms with Crippen LogP contribution in [0.3, 0.4) is 0 Å². The number of nitrogens with one attached hydrogen (secondary N) is 1. The fourth-order valence-electron chi connectivity index (χ4n) is 3.03. The fourth-order valence-corrected chi connectivity index (χ4v) is 4.39. The molecule has 0 bridgehead atoms. The van der Waals surface area contributed by atoms with Crippen LogP contribution in [0.2, 0.25) is 0 Å². The summed E-state index contributed by atoms with van der Waals surface area (Å²) in [5, 5.41) is -0.268. The van der Waals surface area contributed by atoms with Crippen LogP contribution < -0.4 is 4.72 Å².